The van der Waals surface area contributed by atoms with Crippen molar-refractivity contribution >= 4 is 27.6 Å². The van der Waals surface area contributed by atoms with E-state index in [-0.39, 0.29) is 22.9 Å². The Labute approximate surface area is 193 Å². The quantitative estimate of drug-likeness (QED) is 0.318. The number of hydrogen-bond acceptors (Lipinski definition) is 7. The summed E-state index contributed by atoms with van der Waals surface area (Å²) in [6.45, 7) is 1.10. The lowest BCUT2D eigenvalue weighted by molar-refractivity contribution is -0.140. The molecule has 1 fully saturated rings. The Morgan fingerprint density at radius 1 is 1.31 bits per heavy atom. The van der Waals surface area contributed by atoms with E-state index in [2.05, 4.69) is 30.4 Å². The highest BCUT2D eigenvalue weighted by atomic mass is 35.5. The molecule has 1 aliphatic rings. The number of methoxy groups -OCH3 is 1. The number of aromatic nitrogens is 2. The van der Waals surface area contributed by atoms with E-state index in [0.29, 0.717) is 37.4 Å². The molecule has 0 spiro atoms. The maximum absolute atomic E-state index is 12.8. The van der Waals surface area contributed by atoms with Gasteiger partial charge in [-0.05, 0) is 43.5 Å². The van der Waals surface area contributed by atoms with Gasteiger partial charge in [-0.15, -0.1) is 0 Å². The molecule has 1 aliphatic heterocycles. The number of carbonyl (C=O) groups excluding carboxylic acids is 1. The Balaban J connectivity index is 1.66. The number of benzene rings is 1. The third kappa shape index (κ3) is 7.09. The fourth-order valence-electron chi connectivity index (χ4n) is 3.64. The minimum atomic E-state index is -3.66. The second-order valence-electron chi connectivity index (χ2n) is 7.60. The van der Waals surface area contributed by atoms with E-state index in [9.17, 15) is 13.2 Å². The van der Waals surface area contributed by atoms with Crippen molar-refractivity contribution in [2.24, 2.45) is 0 Å². The van der Waals surface area contributed by atoms with E-state index in [1.54, 1.807) is 30.7 Å². The Hall–Kier alpha value is -2.33. The van der Waals surface area contributed by atoms with Crippen LogP contribution in [0, 0.1) is 0 Å². The summed E-state index contributed by atoms with van der Waals surface area (Å²) < 4.78 is 33.1. The lowest BCUT2D eigenvalue weighted by Crippen LogP contribution is -2.37. The molecule has 32 heavy (non-hydrogen) atoms. The van der Waals surface area contributed by atoms with E-state index in [1.807, 2.05) is 6.08 Å². The minimum absolute atomic E-state index is 0.0352. The highest BCUT2D eigenvalue weighted by molar-refractivity contribution is 7.89. The maximum atomic E-state index is 12.8. The third-order valence-electron chi connectivity index (χ3n) is 5.22. The van der Waals surface area contributed by atoms with Crippen molar-refractivity contribution in [3.63, 3.8) is 0 Å². The van der Waals surface area contributed by atoms with E-state index in [1.165, 1.54) is 19.2 Å². The Morgan fingerprint density at radius 3 is 2.78 bits per heavy atom. The molecule has 1 aromatic carbocycles. The zero-order valence-electron chi connectivity index (χ0n) is 17.9. The largest absolute Gasteiger partial charge is 0.469 e. The number of likely N-dealkylation sites (tertiary alicyclic amines) is 1. The molecule has 1 saturated heterocycles. The summed E-state index contributed by atoms with van der Waals surface area (Å²) in [5.41, 5.74) is 0.817. The number of ether oxygens (including phenoxy) is 1. The van der Waals surface area contributed by atoms with Gasteiger partial charge in [0.05, 0.1) is 17.7 Å². The van der Waals surface area contributed by atoms with Crippen LogP contribution in [0.15, 0.2) is 59.9 Å². The number of hydrogen-bond donors (Lipinski definition) is 1. The monoisotopic (exact) mass is 478 g/mol. The van der Waals surface area contributed by atoms with Gasteiger partial charge in [0.1, 0.15) is 0 Å². The van der Waals surface area contributed by atoms with Crippen molar-refractivity contribution < 1.29 is 17.9 Å². The van der Waals surface area contributed by atoms with Crippen LogP contribution in [-0.2, 0) is 26.1 Å². The number of rotatable bonds is 10. The standard InChI is InChI=1S/C22H27ClN4O4S/c1-31-22(28)6-4-2-3-5-20-13-18(15-27(20)16-19-14-24-11-12-25-19)26-32(29,30)21-9-7-17(23)8-10-21/h3,5,7-12,14,18,20,26H,2,4,6,13,15-16H2,1H3/t18-,20-/m1/s1. The number of carbonyl (C=O) groups is 1. The molecule has 0 bridgehead atoms. The maximum Gasteiger partial charge on any atom is 0.305 e. The molecule has 0 aliphatic carbocycles. The molecule has 3 rings (SSSR count). The van der Waals surface area contributed by atoms with E-state index >= 15 is 0 Å². The Kier molecular flexibility index (Phi) is 8.75. The molecule has 0 radical (unpaired) electrons. The topological polar surface area (TPSA) is 101 Å². The summed E-state index contributed by atoms with van der Waals surface area (Å²) in [4.78, 5) is 22.1. The Bertz CT molecular complexity index is 1020. The predicted molar refractivity (Wildman–Crippen MR) is 121 cm³/mol. The molecule has 172 valence electrons. The van der Waals surface area contributed by atoms with E-state index in [0.717, 1.165) is 12.1 Å². The van der Waals surface area contributed by atoms with Crippen molar-refractivity contribution in [2.45, 2.75) is 49.2 Å². The second-order valence-corrected chi connectivity index (χ2v) is 9.75. The van der Waals surface area contributed by atoms with Crippen molar-refractivity contribution in [1.82, 2.24) is 19.6 Å². The summed E-state index contributed by atoms with van der Waals surface area (Å²) in [5.74, 6) is -0.222. The number of nitrogens with zero attached hydrogens (tertiary/aromatic N) is 3. The molecule has 0 amide bonds. The molecule has 2 atom stereocenters. The van der Waals surface area contributed by atoms with Crippen LogP contribution in [0.4, 0.5) is 0 Å². The summed E-state index contributed by atoms with van der Waals surface area (Å²) in [6, 6.07) is 5.89. The molecule has 8 nitrogen and oxygen atoms in total. The van der Waals surface area contributed by atoms with Crippen molar-refractivity contribution in [3.8, 4) is 0 Å². The van der Waals surface area contributed by atoms with Crippen LogP contribution in [0.25, 0.3) is 0 Å². The molecule has 0 saturated carbocycles. The van der Waals surface area contributed by atoms with Gasteiger partial charge in [0.2, 0.25) is 10.0 Å². The summed E-state index contributed by atoms with van der Waals surface area (Å²) in [5, 5.41) is 0.484. The van der Waals surface area contributed by atoms with Gasteiger partial charge >= 0.3 is 5.97 Å². The van der Waals surface area contributed by atoms with Gasteiger partial charge in [-0.2, -0.15) is 0 Å². The molecule has 1 N–H and O–H groups in total. The number of allylic oxidation sites excluding steroid dienone is 1. The second kappa shape index (κ2) is 11.5. The first kappa shape index (κ1) is 24.3. The number of sulfonamides is 1. The van der Waals surface area contributed by atoms with Crippen LogP contribution in [0.2, 0.25) is 5.02 Å². The van der Waals surface area contributed by atoms with Crippen molar-refractivity contribution in [3.05, 3.63) is 65.7 Å². The lowest BCUT2D eigenvalue weighted by atomic mass is 10.1. The van der Waals surface area contributed by atoms with Gasteiger partial charge in [0.25, 0.3) is 0 Å². The lowest BCUT2D eigenvalue weighted by Gasteiger charge is -2.21. The zero-order chi connectivity index (χ0) is 23.0. The molecule has 0 unspecified atom stereocenters. The van der Waals surface area contributed by atoms with E-state index in [4.69, 9.17) is 11.6 Å². The van der Waals surface area contributed by atoms with Crippen LogP contribution in [0.5, 0.6) is 0 Å². The highest BCUT2D eigenvalue weighted by Crippen LogP contribution is 2.23. The predicted octanol–water partition coefficient (Wildman–Crippen LogP) is 2.95. The van der Waals surface area contributed by atoms with Crippen LogP contribution in [0.3, 0.4) is 0 Å². The molecular formula is C22H27ClN4O4S. The molecule has 1 aromatic heterocycles. The number of unbranched alkanes of at least 4 members (excludes halogenated alkanes) is 1. The highest BCUT2D eigenvalue weighted by Gasteiger charge is 2.33. The summed E-state index contributed by atoms with van der Waals surface area (Å²) in [7, 11) is -2.28. The molecular weight excluding hydrogens is 452 g/mol. The minimum Gasteiger partial charge on any atom is -0.469 e. The molecule has 2 heterocycles. The van der Waals surface area contributed by atoms with E-state index < -0.39 is 10.0 Å². The normalized spacial score (nSPS) is 19.4. The summed E-state index contributed by atoms with van der Waals surface area (Å²) in [6.07, 6.45) is 11.5. The van der Waals surface area contributed by atoms with Crippen LogP contribution < -0.4 is 4.72 Å². The smallest absolute Gasteiger partial charge is 0.305 e. The zero-order valence-corrected chi connectivity index (χ0v) is 19.4. The van der Waals surface area contributed by atoms with Crippen LogP contribution >= 0.6 is 11.6 Å². The number of halogens is 1. The van der Waals surface area contributed by atoms with Crippen molar-refractivity contribution in [2.75, 3.05) is 13.7 Å². The van der Waals surface area contributed by atoms with Gasteiger partial charge < -0.3 is 4.74 Å². The first-order valence-corrected chi connectivity index (χ1v) is 12.2. The van der Waals surface area contributed by atoms with Gasteiger partial charge in [-0.1, -0.05) is 23.8 Å². The van der Waals surface area contributed by atoms with Crippen molar-refractivity contribution in [1.29, 1.82) is 0 Å². The van der Waals surface area contributed by atoms with Gasteiger partial charge in [-0.25, -0.2) is 13.1 Å². The fraction of sp³-hybridized carbons (Fsp3) is 0.409. The van der Waals surface area contributed by atoms with Gasteiger partial charge in [-0.3, -0.25) is 19.7 Å². The average Bonchev–Trinajstić information content (AvgIpc) is 3.14. The Morgan fingerprint density at radius 2 is 2.09 bits per heavy atom. The molecule has 10 heteroatoms. The summed E-state index contributed by atoms with van der Waals surface area (Å²) >= 11 is 5.88. The molecule has 2 aromatic rings. The van der Waals surface area contributed by atoms with Crippen LogP contribution in [0.1, 0.15) is 31.4 Å². The third-order valence-corrected chi connectivity index (χ3v) is 7.00. The number of nitrogens with one attached hydrogen (secondary N) is 1. The first-order valence-electron chi connectivity index (χ1n) is 10.4. The van der Waals surface area contributed by atoms with Crippen LogP contribution in [-0.4, -0.2) is 55.0 Å². The van der Waals surface area contributed by atoms with Gasteiger partial charge in [0.15, 0.2) is 0 Å². The SMILES string of the molecule is COC(=O)CCCC=C[C@@H]1C[C@@H](NS(=O)(=O)c2ccc(Cl)cc2)CN1Cc1cnccn1. The van der Waals surface area contributed by atoms with Gasteiger partial charge in [0, 0.05) is 55.2 Å². The average molecular weight is 479 g/mol. The fourth-order valence-corrected chi connectivity index (χ4v) is 5.01. The first-order chi connectivity index (χ1) is 15.4. The number of esters is 1.